The minimum atomic E-state index is 0.381. The summed E-state index contributed by atoms with van der Waals surface area (Å²) in [6.07, 6.45) is 3.46. The van der Waals surface area contributed by atoms with Gasteiger partial charge >= 0.3 is 0 Å². The minimum Gasteiger partial charge on any atom is -0.325 e. The number of rotatable bonds is 4. The third-order valence-corrected chi connectivity index (χ3v) is 2.99. The number of hydrogen-bond acceptors (Lipinski definition) is 3. The molecule has 0 unspecified atom stereocenters. The molecule has 1 aromatic heterocycles. The smallest absolute Gasteiger partial charge is 0.151 e. The van der Waals surface area contributed by atoms with Crippen molar-refractivity contribution in [1.82, 2.24) is 9.97 Å². The average Bonchev–Trinajstić information content (AvgIpc) is 2.40. The van der Waals surface area contributed by atoms with Crippen molar-refractivity contribution in [2.75, 3.05) is 11.4 Å². The molecule has 0 N–H and O–H groups in total. The highest BCUT2D eigenvalue weighted by molar-refractivity contribution is 6.16. The van der Waals surface area contributed by atoms with Crippen molar-refractivity contribution in [3.63, 3.8) is 0 Å². The molecular formula is C14H16ClN3. The maximum absolute atomic E-state index is 5.80. The van der Waals surface area contributed by atoms with E-state index in [2.05, 4.69) is 46.9 Å². The van der Waals surface area contributed by atoms with Crippen molar-refractivity contribution in [2.24, 2.45) is 0 Å². The quantitative estimate of drug-likeness (QED) is 0.786. The van der Waals surface area contributed by atoms with Crippen LogP contribution in [0, 0.1) is 6.92 Å². The Morgan fingerprint density at radius 2 is 2.11 bits per heavy atom. The number of hydrogen-bond donors (Lipinski definition) is 0. The molecule has 1 heterocycles. The van der Waals surface area contributed by atoms with E-state index in [0.29, 0.717) is 5.88 Å². The number of aryl methyl sites for hydroxylation is 1. The molecule has 4 heteroatoms. The maximum Gasteiger partial charge on any atom is 0.151 e. The highest BCUT2D eigenvalue weighted by atomic mass is 35.5. The molecule has 0 saturated carbocycles. The summed E-state index contributed by atoms with van der Waals surface area (Å²) >= 11 is 5.80. The van der Waals surface area contributed by atoms with Crippen LogP contribution in [0.25, 0.3) is 0 Å². The lowest BCUT2D eigenvalue weighted by Crippen LogP contribution is -2.18. The number of nitrogens with zero attached hydrogens (tertiary/aromatic N) is 3. The molecular weight excluding hydrogens is 246 g/mol. The van der Waals surface area contributed by atoms with E-state index in [0.717, 1.165) is 23.7 Å². The van der Waals surface area contributed by atoms with Crippen LogP contribution < -0.4 is 4.90 Å². The van der Waals surface area contributed by atoms with Crippen LogP contribution in [0.2, 0.25) is 0 Å². The number of halogens is 1. The SMILES string of the molecule is CCN(c1cccc(C)c1)c1cncc(CCl)n1. The van der Waals surface area contributed by atoms with Gasteiger partial charge in [0.15, 0.2) is 5.82 Å². The monoisotopic (exact) mass is 261 g/mol. The lowest BCUT2D eigenvalue weighted by atomic mass is 10.2. The van der Waals surface area contributed by atoms with Gasteiger partial charge in [-0.25, -0.2) is 4.98 Å². The van der Waals surface area contributed by atoms with Crippen LogP contribution in [-0.4, -0.2) is 16.5 Å². The van der Waals surface area contributed by atoms with Gasteiger partial charge in [-0.15, -0.1) is 11.6 Å². The molecule has 0 aliphatic heterocycles. The van der Waals surface area contributed by atoms with E-state index >= 15 is 0 Å². The Morgan fingerprint density at radius 3 is 2.78 bits per heavy atom. The van der Waals surface area contributed by atoms with Gasteiger partial charge in [0.05, 0.1) is 17.8 Å². The van der Waals surface area contributed by atoms with Gasteiger partial charge in [0.2, 0.25) is 0 Å². The second-order valence-corrected chi connectivity index (χ2v) is 4.35. The van der Waals surface area contributed by atoms with Crippen LogP contribution in [0.4, 0.5) is 11.5 Å². The van der Waals surface area contributed by atoms with E-state index < -0.39 is 0 Å². The molecule has 0 aliphatic carbocycles. The lowest BCUT2D eigenvalue weighted by molar-refractivity contribution is 0.956. The van der Waals surface area contributed by atoms with Crippen molar-refractivity contribution in [3.05, 3.63) is 47.9 Å². The summed E-state index contributed by atoms with van der Waals surface area (Å²) in [7, 11) is 0. The predicted molar refractivity (Wildman–Crippen MR) is 75.4 cm³/mol. The number of anilines is 2. The molecule has 0 saturated heterocycles. The van der Waals surface area contributed by atoms with E-state index in [1.165, 1.54) is 5.56 Å². The summed E-state index contributed by atoms with van der Waals surface area (Å²) in [5, 5.41) is 0. The normalized spacial score (nSPS) is 10.4. The predicted octanol–water partition coefficient (Wildman–Crippen LogP) is 3.68. The van der Waals surface area contributed by atoms with Crippen molar-refractivity contribution in [1.29, 1.82) is 0 Å². The summed E-state index contributed by atoms with van der Waals surface area (Å²) in [6.45, 7) is 5.01. The number of aromatic nitrogens is 2. The molecule has 0 fully saturated rings. The molecule has 0 aliphatic rings. The molecule has 18 heavy (non-hydrogen) atoms. The zero-order chi connectivity index (χ0) is 13.0. The van der Waals surface area contributed by atoms with Crippen LogP contribution in [0.15, 0.2) is 36.7 Å². The minimum absolute atomic E-state index is 0.381. The van der Waals surface area contributed by atoms with Crippen LogP contribution >= 0.6 is 11.6 Å². The van der Waals surface area contributed by atoms with Crippen LogP contribution in [-0.2, 0) is 5.88 Å². The van der Waals surface area contributed by atoms with Gasteiger partial charge < -0.3 is 4.90 Å². The highest BCUT2D eigenvalue weighted by Crippen LogP contribution is 2.23. The fourth-order valence-corrected chi connectivity index (χ4v) is 1.99. The molecule has 0 amide bonds. The van der Waals surface area contributed by atoms with Gasteiger partial charge in [0.1, 0.15) is 0 Å². The molecule has 0 spiro atoms. The Hall–Kier alpha value is -1.61. The highest BCUT2D eigenvalue weighted by Gasteiger charge is 2.09. The molecule has 0 atom stereocenters. The molecule has 1 aromatic carbocycles. The summed E-state index contributed by atoms with van der Waals surface area (Å²) in [6, 6.07) is 8.34. The van der Waals surface area contributed by atoms with Crippen molar-refractivity contribution in [2.45, 2.75) is 19.7 Å². The fraction of sp³-hybridized carbons (Fsp3) is 0.286. The molecule has 2 rings (SSSR count). The van der Waals surface area contributed by atoms with Gasteiger partial charge in [0, 0.05) is 18.4 Å². The average molecular weight is 262 g/mol. The molecule has 0 bridgehead atoms. The van der Waals surface area contributed by atoms with E-state index in [4.69, 9.17) is 11.6 Å². The first-order valence-electron chi connectivity index (χ1n) is 5.95. The Balaban J connectivity index is 2.38. The molecule has 94 valence electrons. The Bertz CT molecular complexity index is 528. The van der Waals surface area contributed by atoms with Gasteiger partial charge in [-0.05, 0) is 31.5 Å². The summed E-state index contributed by atoms with van der Waals surface area (Å²) in [4.78, 5) is 10.8. The van der Waals surface area contributed by atoms with E-state index in [1.54, 1.807) is 12.4 Å². The third-order valence-electron chi connectivity index (χ3n) is 2.71. The van der Waals surface area contributed by atoms with Gasteiger partial charge in [-0.3, -0.25) is 4.98 Å². The van der Waals surface area contributed by atoms with Gasteiger partial charge in [-0.1, -0.05) is 12.1 Å². The third kappa shape index (κ3) is 2.79. The Kier molecular flexibility index (Phi) is 4.15. The summed E-state index contributed by atoms with van der Waals surface area (Å²) in [5.74, 6) is 1.22. The van der Waals surface area contributed by atoms with Crippen molar-refractivity contribution < 1.29 is 0 Å². The Labute approximate surface area is 112 Å². The van der Waals surface area contributed by atoms with Crippen molar-refractivity contribution >= 4 is 23.1 Å². The number of benzene rings is 1. The standard InChI is InChI=1S/C14H16ClN3/c1-3-18(13-6-4-5-11(2)7-13)14-10-16-9-12(8-15)17-14/h4-7,9-10H,3,8H2,1-2H3. The maximum atomic E-state index is 5.80. The Morgan fingerprint density at radius 1 is 1.28 bits per heavy atom. The summed E-state index contributed by atoms with van der Waals surface area (Å²) < 4.78 is 0. The van der Waals surface area contributed by atoms with Crippen LogP contribution in [0.3, 0.4) is 0 Å². The largest absolute Gasteiger partial charge is 0.325 e. The van der Waals surface area contributed by atoms with E-state index in [9.17, 15) is 0 Å². The van der Waals surface area contributed by atoms with Crippen LogP contribution in [0.1, 0.15) is 18.2 Å². The topological polar surface area (TPSA) is 29.0 Å². The molecule has 2 aromatic rings. The van der Waals surface area contributed by atoms with Crippen molar-refractivity contribution in [3.8, 4) is 0 Å². The second kappa shape index (κ2) is 5.83. The van der Waals surface area contributed by atoms with Gasteiger partial charge in [-0.2, -0.15) is 0 Å². The second-order valence-electron chi connectivity index (χ2n) is 4.09. The molecule has 3 nitrogen and oxygen atoms in total. The first-order valence-corrected chi connectivity index (χ1v) is 6.49. The first kappa shape index (κ1) is 12.8. The van der Waals surface area contributed by atoms with Gasteiger partial charge in [0.25, 0.3) is 0 Å². The van der Waals surface area contributed by atoms with Crippen LogP contribution in [0.5, 0.6) is 0 Å². The van der Waals surface area contributed by atoms with E-state index in [1.807, 2.05) is 6.07 Å². The zero-order valence-corrected chi connectivity index (χ0v) is 11.4. The fourth-order valence-electron chi connectivity index (χ4n) is 1.86. The number of alkyl halides is 1. The lowest BCUT2D eigenvalue weighted by Gasteiger charge is -2.22. The summed E-state index contributed by atoms with van der Waals surface area (Å²) in [5.41, 5.74) is 3.14. The first-order chi connectivity index (χ1) is 8.74. The van der Waals surface area contributed by atoms with E-state index in [-0.39, 0.29) is 0 Å². The molecule has 0 radical (unpaired) electrons. The zero-order valence-electron chi connectivity index (χ0n) is 10.6.